The third-order valence-corrected chi connectivity index (χ3v) is 5.54. The predicted octanol–water partition coefficient (Wildman–Crippen LogP) is 2.54. The third-order valence-electron chi connectivity index (χ3n) is 3.75. The molecule has 0 heterocycles. The van der Waals surface area contributed by atoms with Crippen LogP contribution in [0.25, 0.3) is 0 Å². The number of rotatable bonds is 8. The highest BCUT2D eigenvalue weighted by atomic mass is 32.2. The van der Waals surface area contributed by atoms with Crippen molar-refractivity contribution in [3.63, 3.8) is 0 Å². The summed E-state index contributed by atoms with van der Waals surface area (Å²) in [6.45, 7) is 4.75. The number of esters is 1. The van der Waals surface area contributed by atoms with Gasteiger partial charge in [0.25, 0.3) is 0 Å². The Labute approximate surface area is 173 Å². The minimum absolute atomic E-state index is 0.242. The first-order valence-electron chi connectivity index (χ1n) is 8.89. The summed E-state index contributed by atoms with van der Waals surface area (Å²) >= 11 is 4.13. The molecular weight excluding hydrogens is 396 g/mol. The van der Waals surface area contributed by atoms with Crippen molar-refractivity contribution in [2.45, 2.75) is 31.3 Å². The van der Waals surface area contributed by atoms with Crippen molar-refractivity contribution in [3.05, 3.63) is 65.7 Å². The molecule has 6 nitrogen and oxygen atoms in total. The van der Waals surface area contributed by atoms with Gasteiger partial charge in [0.05, 0.1) is 11.5 Å². The lowest BCUT2D eigenvalue weighted by Crippen LogP contribution is -2.39. The predicted molar refractivity (Wildman–Crippen MR) is 115 cm³/mol. The van der Waals surface area contributed by atoms with Gasteiger partial charge in [0, 0.05) is 12.3 Å². The molecule has 8 heteroatoms. The average molecular weight is 425 g/mol. The first kappa shape index (κ1) is 24.2. The lowest BCUT2D eigenvalue weighted by atomic mass is 10.2. The molecule has 2 aromatic rings. The number of carbonyl (C=O) groups is 1. The van der Waals surface area contributed by atoms with Gasteiger partial charge in [-0.2, -0.15) is 12.6 Å². The third kappa shape index (κ3) is 8.43. The largest absolute Gasteiger partial charge is 0.465 e. The van der Waals surface area contributed by atoms with Crippen LogP contribution in [-0.2, 0) is 26.1 Å². The average Bonchev–Trinajstić information content (AvgIpc) is 2.70. The Kier molecular flexibility index (Phi) is 10.8. The van der Waals surface area contributed by atoms with Crippen LogP contribution in [0, 0.1) is 6.92 Å². The van der Waals surface area contributed by atoms with E-state index in [0.717, 1.165) is 11.1 Å². The van der Waals surface area contributed by atoms with E-state index in [2.05, 4.69) is 22.7 Å². The molecule has 0 saturated heterocycles. The molecule has 1 atom stereocenters. The standard InChI is InChI=1S/C12H17NO2S.C8H11NO2S/c1-2-15-12(14)11(9-16)13-8-10-6-4-3-5-7-10;1-7-3-5-8(6-4-7)12(10,11)9-2/h3-7,11,13,16H,2,8-9H2,1H3;3-6,9H,1-2H3/t11-;/m0./s1. The van der Waals surface area contributed by atoms with Gasteiger partial charge >= 0.3 is 5.97 Å². The Morgan fingerprint density at radius 3 is 2.21 bits per heavy atom. The van der Waals surface area contributed by atoms with E-state index in [4.69, 9.17) is 4.74 Å². The van der Waals surface area contributed by atoms with E-state index in [-0.39, 0.29) is 12.0 Å². The van der Waals surface area contributed by atoms with Crippen LogP contribution in [0.2, 0.25) is 0 Å². The van der Waals surface area contributed by atoms with Crippen LogP contribution in [0.15, 0.2) is 59.5 Å². The van der Waals surface area contributed by atoms with Crippen molar-refractivity contribution < 1.29 is 17.9 Å². The van der Waals surface area contributed by atoms with Crippen molar-refractivity contribution >= 4 is 28.6 Å². The van der Waals surface area contributed by atoms with Gasteiger partial charge in [-0.25, -0.2) is 13.1 Å². The van der Waals surface area contributed by atoms with Crippen molar-refractivity contribution in [1.82, 2.24) is 10.0 Å². The van der Waals surface area contributed by atoms with E-state index >= 15 is 0 Å². The molecule has 0 aliphatic carbocycles. The molecule has 2 N–H and O–H groups in total. The summed E-state index contributed by atoms with van der Waals surface area (Å²) in [5.41, 5.74) is 2.18. The molecule has 0 amide bonds. The normalized spacial score (nSPS) is 11.9. The minimum Gasteiger partial charge on any atom is -0.465 e. The van der Waals surface area contributed by atoms with E-state index in [1.165, 1.54) is 7.05 Å². The van der Waals surface area contributed by atoms with Gasteiger partial charge in [-0.15, -0.1) is 0 Å². The fourth-order valence-corrected chi connectivity index (χ4v) is 3.15. The zero-order valence-electron chi connectivity index (χ0n) is 16.4. The van der Waals surface area contributed by atoms with Gasteiger partial charge in [-0.3, -0.25) is 10.1 Å². The van der Waals surface area contributed by atoms with Crippen molar-refractivity contribution in [2.24, 2.45) is 0 Å². The first-order valence-corrected chi connectivity index (χ1v) is 11.0. The maximum atomic E-state index is 11.5. The highest BCUT2D eigenvalue weighted by Gasteiger charge is 2.16. The highest BCUT2D eigenvalue weighted by Crippen LogP contribution is 2.08. The summed E-state index contributed by atoms with van der Waals surface area (Å²) in [5, 5.41) is 3.12. The second kappa shape index (κ2) is 12.6. The van der Waals surface area contributed by atoms with Crippen molar-refractivity contribution in [3.8, 4) is 0 Å². The van der Waals surface area contributed by atoms with E-state index in [0.29, 0.717) is 23.8 Å². The summed E-state index contributed by atoms with van der Waals surface area (Å²) in [7, 11) is -1.87. The van der Waals surface area contributed by atoms with Crippen molar-refractivity contribution in [1.29, 1.82) is 0 Å². The van der Waals surface area contributed by atoms with Crippen LogP contribution in [0.3, 0.4) is 0 Å². The Balaban J connectivity index is 0.000000292. The number of benzene rings is 2. The number of thiol groups is 1. The second-order valence-electron chi connectivity index (χ2n) is 5.87. The molecule has 28 heavy (non-hydrogen) atoms. The fraction of sp³-hybridized carbons (Fsp3) is 0.350. The van der Waals surface area contributed by atoms with Gasteiger partial charge in [0.1, 0.15) is 6.04 Å². The highest BCUT2D eigenvalue weighted by molar-refractivity contribution is 7.89. The van der Waals surface area contributed by atoms with Gasteiger partial charge in [0.15, 0.2) is 0 Å². The molecule has 2 rings (SSSR count). The van der Waals surface area contributed by atoms with Crippen LogP contribution in [-0.4, -0.2) is 39.8 Å². The number of hydrogen-bond donors (Lipinski definition) is 3. The smallest absolute Gasteiger partial charge is 0.323 e. The number of ether oxygens (including phenoxy) is 1. The minimum atomic E-state index is -3.26. The monoisotopic (exact) mass is 424 g/mol. The summed E-state index contributed by atoms with van der Waals surface area (Å²) in [6.07, 6.45) is 0. The Bertz CT molecular complexity index is 810. The number of aryl methyl sites for hydroxylation is 1. The van der Waals surface area contributed by atoms with E-state index in [1.807, 2.05) is 37.3 Å². The molecule has 0 aliphatic rings. The zero-order valence-corrected chi connectivity index (χ0v) is 18.1. The molecule has 0 fully saturated rings. The van der Waals surface area contributed by atoms with E-state index in [1.54, 1.807) is 31.2 Å². The molecule has 154 valence electrons. The quantitative estimate of drug-likeness (QED) is 0.448. The molecule has 0 aliphatic heterocycles. The molecule has 0 aromatic heterocycles. The van der Waals surface area contributed by atoms with Crippen LogP contribution in [0.1, 0.15) is 18.1 Å². The Hall–Kier alpha value is -1.87. The molecule has 0 saturated carbocycles. The molecule has 0 spiro atoms. The fourth-order valence-electron chi connectivity index (χ4n) is 2.14. The number of hydrogen-bond acceptors (Lipinski definition) is 6. The summed E-state index contributed by atoms with van der Waals surface area (Å²) < 4.78 is 29.6. The summed E-state index contributed by atoms with van der Waals surface area (Å²) in [6, 6.07) is 16.3. The van der Waals surface area contributed by atoms with E-state index in [9.17, 15) is 13.2 Å². The van der Waals surface area contributed by atoms with Gasteiger partial charge in [0.2, 0.25) is 10.0 Å². The van der Waals surface area contributed by atoms with E-state index < -0.39 is 10.0 Å². The number of sulfonamides is 1. The zero-order chi connectivity index (χ0) is 21.0. The second-order valence-corrected chi connectivity index (χ2v) is 8.13. The SMILES string of the molecule is CCOC(=O)[C@H](CS)NCc1ccccc1.CNS(=O)(=O)c1ccc(C)cc1. The number of carbonyl (C=O) groups excluding carboxylic acids is 1. The lowest BCUT2D eigenvalue weighted by molar-refractivity contribution is -0.145. The maximum Gasteiger partial charge on any atom is 0.323 e. The molecule has 0 bridgehead atoms. The molecule has 0 radical (unpaired) electrons. The topological polar surface area (TPSA) is 84.5 Å². The lowest BCUT2D eigenvalue weighted by Gasteiger charge is -2.14. The van der Waals surface area contributed by atoms with Crippen LogP contribution >= 0.6 is 12.6 Å². The van der Waals surface area contributed by atoms with Gasteiger partial charge in [-0.1, -0.05) is 48.0 Å². The number of nitrogens with one attached hydrogen (secondary N) is 2. The van der Waals surface area contributed by atoms with Crippen LogP contribution in [0.4, 0.5) is 0 Å². The molecular formula is C20H28N2O4S2. The Morgan fingerprint density at radius 2 is 1.71 bits per heavy atom. The molecule has 2 aromatic carbocycles. The van der Waals surface area contributed by atoms with Crippen LogP contribution < -0.4 is 10.0 Å². The summed E-state index contributed by atoms with van der Waals surface area (Å²) in [5.74, 6) is 0.194. The van der Waals surface area contributed by atoms with Crippen molar-refractivity contribution in [2.75, 3.05) is 19.4 Å². The Morgan fingerprint density at radius 1 is 1.11 bits per heavy atom. The van der Waals surface area contributed by atoms with Gasteiger partial charge < -0.3 is 4.74 Å². The molecule has 0 unspecified atom stereocenters. The van der Waals surface area contributed by atoms with Crippen LogP contribution in [0.5, 0.6) is 0 Å². The maximum absolute atomic E-state index is 11.5. The summed E-state index contributed by atoms with van der Waals surface area (Å²) in [4.78, 5) is 11.8. The van der Waals surface area contributed by atoms with Gasteiger partial charge in [-0.05, 0) is 38.6 Å². The first-order chi connectivity index (χ1) is 13.3.